The average Bonchev–Trinajstić information content (AvgIpc) is 2.01. The van der Waals surface area contributed by atoms with Gasteiger partial charge in [0.05, 0.1) is 12.8 Å². The highest BCUT2D eigenvalue weighted by atomic mass is 16.5. The van der Waals surface area contributed by atoms with Crippen LogP contribution < -0.4 is 10.5 Å². The second kappa shape index (κ2) is 2.70. The summed E-state index contributed by atoms with van der Waals surface area (Å²) in [6.45, 7) is 1.80. The van der Waals surface area contributed by atoms with E-state index in [0.717, 1.165) is 5.56 Å². The van der Waals surface area contributed by atoms with Crippen LogP contribution in [0.5, 0.6) is 11.5 Å². The number of nitrogens with two attached hydrogens (primary N) is 1. The van der Waals surface area contributed by atoms with Crippen molar-refractivity contribution in [3.8, 4) is 11.5 Å². The maximum absolute atomic E-state index is 9.14. The lowest BCUT2D eigenvalue weighted by Gasteiger charge is -2.07. The molecule has 1 aromatic carbocycles. The van der Waals surface area contributed by atoms with Crippen LogP contribution in [0.25, 0.3) is 0 Å². The van der Waals surface area contributed by atoms with Crippen molar-refractivity contribution in [2.24, 2.45) is 0 Å². The summed E-state index contributed by atoms with van der Waals surface area (Å²) in [4.78, 5) is 0. The lowest BCUT2D eigenvalue weighted by molar-refractivity contribution is 0.409. The second-order valence-electron chi connectivity index (χ2n) is 2.33. The van der Waals surface area contributed by atoms with Crippen LogP contribution >= 0.6 is 0 Å². The Kier molecular flexibility index (Phi) is 1.89. The van der Waals surface area contributed by atoms with Crippen molar-refractivity contribution >= 4 is 5.69 Å². The fraction of sp³-hybridized carbons (Fsp3) is 0.250. The Morgan fingerprint density at radius 3 is 2.64 bits per heavy atom. The Hall–Kier alpha value is -1.38. The van der Waals surface area contributed by atoms with Gasteiger partial charge >= 0.3 is 0 Å². The molecule has 0 amide bonds. The first kappa shape index (κ1) is 7.72. The minimum absolute atomic E-state index is 0.100. The molecular formula is C8H11NO2. The Morgan fingerprint density at radius 1 is 1.45 bits per heavy atom. The van der Waals surface area contributed by atoms with E-state index >= 15 is 0 Å². The molecule has 1 aromatic rings. The number of hydrogen-bond acceptors (Lipinski definition) is 3. The van der Waals surface area contributed by atoms with E-state index in [-0.39, 0.29) is 5.75 Å². The molecule has 0 saturated heterocycles. The third-order valence-electron chi connectivity index (χ3n) is 1.66. The number of methoxy groups -OCH3 is 1. The highest BCUT2D eigenvalue weighted by Crippen LogP contribution is 2.30. The Bertz CT molecular complexity index is 271. The molecule has 0 heterocycles. The van der Waals surface area contributed by atoms with Gasteiger partial charge in [0.2, 0.25) is 0 Å². The summed E-state index contributed by atoms with van der Waals surface area (Å²) in [6.07, 6.45) is 0. The Balaban J connectivity index is 3.25. The molecule has 0 radical (unpaired) electrons. The van der Waals surface area contributed by atoms with Crippen LogP contribution in [0.3, 0.4) is 0 Å². The SMILES string of the molecule is COc1ccc(O)c(N)c1C. The first-order valence-corrected chi connectivity index (χ1v) is 3.29. The molecule has 60 valence electrons. The normalized spacial score (nSPS) is 9.64. The maximum Gasteiger partial charge on any atom is 0.139 e. The monoisotopic (exact) mass is 153 g/mol. The minimum atomic E-state index is 0.100. The van der Waals surface area contributed by atoms with E-state index in [1.807, 2.05) is 0 Å². The first-order valence-electron chi connectivity index (χ1n) is 3.29. The molecule has 0 unspecified atom stereocenters. The summed E-state index contributed by atoms with van der Waals surface area (Å²) in [7, 11) is 1.57. The highest BCUT2D eigenvalue weighted by molar-refractivity contribution is 5.62. The van der Waals surface area contributed by atoms with Gasteiger partial charge in [0.25, 0.3) is 0 Å². The Labute approximate surface area is 65.4 Å². The van der Waals surface area contributed by atoms with Crippen LogP contribution in [0.15, 0.2) is 12.1 Å². The molecule has 0 saturated carbocycles. The fourth-order valence-electron chi connectivity index (χ4n) is 0.915. The predicted octanol–water partition coefficient (Wildman–Crippen LogP) is 1.29. The molecule has 3 N–H and O–H groups in total. The third kappa shape index (κ3) is 1.22. The van der Waals surface area contributed by atoms with Gasteiger partial charge in [0, 0.05) is 5.56 Å². The fourth-order valence-corrected chi connectivity index (χ4v) is 0.915. The molecule has 0 bridgehead atoms. The molecule has 0 atom stereocenters. The van der Waals surface area contributed by atoms with E-state index in [1.165, 1.54) is 6.07 Å². The number of ether oxygens (including phenoxy) is 1. The average molecular weight is 153 g/mol. The van der Waals surface area contributed by atoms with E-state index in [2.05, 4.69) is 0 Å². The van der Waals surface area contributed by atoms with Gasteiger partial charge in [-0.15, -0.1) is 0 Å². The summed E-state index contributed by atoms with van der Waals surface area (Å²) in [5.41, 5.74) is 6.68. The zero-order chi connectivity index (χ0) is 8.43. The van der Waals surface area contributed by atoms with Crippen molar-refractivity contribution in [1.82, 2.24) is 0 Å². The molecule has 3 heteroatoms. The number of anilines is 1. The number of phenolic OH excluding ortho intramolecular Hbond substituents is 1. The summed E-state index contributed by atoms with van der Waals surface area (Å²) >= 11 is 0. The lowest BCUT2D eigenvalue weighted by Crippen LogP contribution is -1.93. The van der Waals surface area contributed by atoms with Crippen LogP contribution in [0.2, 0.25) is 0 Å². The van der Waals surface area contributed by atoms with Gasteiger partial charge < -0.3 is 15.6 Å². The quantitative estimate of drug-likeness (QED) is 0.472. The number of aromatic hydroxyl groups is 1. The standard InChI is InChI=1S/C8H11NO2/c1-5-7(11-2)4-3-6(10)8(5)9/h3-4,10H,9H2,1-2H3. The summed E-state index contributed by atoms with van der Waals surface area (Å²) in [5.74, 6) is 0.795. The van der Waals surface area contributed by atoms with Crippen molar-refractivity contribution in [2.45, 2.75) is 6.92 Å². The first-order chi connectivity index (χ1) is 5.16. The van der Waals surface area contributed by atoms with Gasteiger partial charge in [0.15, 0.2) is 0 Å². The number of rotatable bonds is 1. The van der Waals surface area contributed by atoms with Gasteiger partial charge in [-0.1, -0.05) is 0 Å². The van der Waals surface area contributed by atoms with E-state index in [1.54, 1.807) is 20.1 Å². The molecule has 0 fully saturated rings. The van der Waals surface area contributed by atoms with Gasteiger partial charge in [0.1, 0.15) is 11.5 Å². The van der Waals surface area contributed by atoms with E-state index in [4.69, 9.17) is 15.6 Å². The number of phenols is 1. The summed E-state index contributed by atoms with van der Waals surface area (Å²) in [6, 6.07) is 3.20. The van der Waals surface area contributed by atoms with E-state index in [9.17, 15) is 0 Å². The zero-order valence-corrected chi connectivity index (χ0v) is 6.59. The van der Waals surface area contributed by atoms with Gasteiger partial charge in [-0.25, -0.2) is 0 Å². The van der Waals surface area contributed by atoms with Gasteiger partial charge in [-0.05, 0) is 19.1 Å². The minimum Gasteiger partial charge on any atom is -0.506 e. The molecule has 1 rings (SSSR count). The largest absolute Gasteiger partial charge is 0.506 e. The lowest BCUT2D eigenvalue weighted by atomic mass is 10.1. The van der Waals surface area contributed by atoms with Crippen LogP contribution in [-0.2, 0) is 0 Å². The van der Waals surface area contributed by atoms with Crippen molar-refractivity contribution in [2.75, 3.05) is 12.8 Å². The van der Waals surface area contributed by atoms with Crippen molar-refractivity contribution in [3.63, 3.8) is 0 Å². The highest BCUT2D eigenvalue weighted by Gasteiger charge is 2.04. The van der Waals surface area contributed by atoms with Crippen LogP contribution in [0, 0.1) is 6.92 Å². The molecule has 0 aliphatic carbocycles. The molecule has 0 aromatic heterocycles. The number of nitrogen functional groups attached to an aromatic ring is 1. The van der Waals surface area contributed by atoms with Gasteiger partial charge in [-0.3, -0.25) is 0 Å². The Morgan fingerprint density at radius 2 is 2.09 bits per heavy atom. The van der Waals surface area contributed by atoms with Gasteiger partial charge in [-0.2, -0.15) is 0 Å². The molecule has 3 nitrogen and oxygen atoms in total. The molecule has 0 aliphatic heterocycles. The smallest absolute Gasteiger partial charge is 0.139 e. The third-order valence-corrected chi connectivity index (χ3v) is 1.66. The molecule has 0 spiro atoms. The number of hydrogen-bond donors (Lipinski definition) is 2. The van der Waals surface area contributed by atoms with Crippen LogP contribution in [0.1, 0.15) is 5.56 Å². The summed E-state index contributed by atoms with van der Waals surface area (Å²) in [5, 5.41) is 9.14. The van der Waals surface area contributed by atoms with Crippen LogP contribution in [-0.4, -0.2) is 12.2 Å². The van der Waals surface area contributed by atoms with Crippen molar-refractivity contribution < 1.29 is 9.84 Å². The predicted molar refractivity (Wildman–Crippen MR) is 43.8 cm³/mol. The van der Waals surface area contributed by atoms with Crippen molar-refractivity contribution in [1.29, 1.82) is 0 Å². The maximum atomic E-state index is 9.14. The number of benzene rings is 1. The van der Waals surface area contributed by atoms with Crippen LogP contribution in [0.4, 0.5) is 5.69 Å². The zero-order valence-electron chi connectivity index (χ0n) is 6.59. The topological polar surface area (TPSA) is 55.5 Å². The van der Waals surface area contributed by atoms with E-state index in [0.29, 0.717) is 11.4 Å². The molecule has 11 heavy (non-hydrogen) atoms. The van der Waals surface area contributed by atoms with Crippen molar-refractivity contribution in [3.05, 3.63) is 17.7 Å². The second-order valence-corrected chi connectivity index (χ2v) is 2.33. The van der Waals surface area contributed by atoms with E-state index < -0.39 is 0 Å². The molecular weight excluding hydrogens is 142 g/mol. The summed E-state index contributed by atoms with van der Waals surface area (Å²) < 4.78 is 4.99. The molecule has 0 aliphatic rings.